The third kappa shape index (κ3) is 4.72. The molecule has 2 rings (SSSR count). The number of nitrogens with zero attached hydrogens (tertiary/aromatic N) is 2. The molecule has 1 amide bonds. The molecule has 23 heavy (non-hydrogen) atoms. The maximum absolute atomic E-state index is 12.3. The van der Waals surface area contributed by atoms with Gasteiger partial charge in [-0.05, 0) is 31.2 Å². The molecule has 2 aromatic rings. The van der Waals surface area contributed by atoms with Crippen LogP contribution >= 0.6 is 0 Å². The number of hydrogen-bond acceptors (Lipinski definition) is 5. The Morgan fingerprint density at radius 3 is 2.91 bits per heavy atom. The van der Waals surface area contributed by atoms with Gasteiger partial charge in [0.15, 0.2) is 11.5 Å². The minimum absolute atomic E-state index is 0.0775. The predicted octanol–water partition coefficient (Wildman–Crippen LogP) is 1.08. The number of aliphatic hydroxyl groups is 1. The maximum atomic E-state index is 12.3. The molecule has 0 fully saturated rings. The molecule has 7 heteroatoms. The Morgan fingerprint density at radius 2 is 2.26 bits per heavy atom. The molecule has 2 N–H and O–H groups in total. The highest BCUT2D eigenvalue weighted by Crippen LogP contribution is 2.28. The van der Waals surface area contributed by atoms with Gasteiger partial charge in [-0.15, -0.1) is 0 Å². The minimum Gasteiger partial charge on any atom is -0.493 e. The van der Waals surface area contributed by atoms with Crippen molar-refractivity contribution in [1.29, 1.82) is 0 Å². The Kier molecular flexibility index (Phi) is 5.99. The van der Waals surface area contributed by atoms with Gasteiger partial charge in [0.25, 0.3) is 5.91 Å². The summed E-state index contributed by atoms with van der Waals surface area (Å²) in [5.41, 5.74) is 0.464. The first-order valence-electron chi connectivity index (χ1n) is 7.34. The van der Waals surface area contributed by atoms with Gasteiger partial charge in [0.2, 0.25) is 0 Å². The van der Waals surface area contributed by atoms with Crippen LogP contribution in [0.25, 0.3) is 0 Å². The Balaban J connectivity index is 2.03. The number of amides is 1. The van der Waals surface area contributed by atoms with E-state index in [2.05, 4.69) is 10.4 Å². The van der Waals surface area contributed by atoms with Gasteiger partial charge in [0, 0.05) is 24.0 Å². The van der Waals surface area contributed by atoms with E-state index in [4.69, 9.17) is 14.6 Å². The average Bonchev–Trinajstić information content (AvgIpc) is 3.05. The molecule has 1 atom stereocenters. The lowest BCUT2D eigenvalue weighted by atomic mass is 10.1. The molecule has 0 aliphatic rings. The summed E-state index contributed by atoms with van der Waals surface area (Å²) in [6.45, 7) is 2.52. The Morgan fingerprint density at radius 1 is 1.43 bits per heavy atom. The second-order valence-electron chi connectivity index (χ2n) is 5.04. The second kappa shape index (κ2) is 8.19. The Hall–Kier alpha value is -2.54. The van der Waals surface area contributed by atoms with Crippen LogP contribution in [0.15, 0.2) is 36.7 Å². The van der Waals surface area contributed by atoms with Crippen molar-refractivity contribution >= 4 is 5.91 Å². The molecule has 0 aliphatic heterocycles. The summed E-state index contributed by atoms with van der Waals surface area (Å²) >= 11 is 0. The summed E-state index contributed by atoms with van der Waals surface area (Å²) in [6.07, 6.45) is 3.54. The van der Waals surface area contributed by atoms with Crippen LogP contribution in [-0.2, 0) is 6.54 Å². The van der Waals surface area contributed by atoms with E-state index in [1.165, 1.54) is 7.11 Å². The normalized spacial score (nSPS) is 11.8. The van der Waals surface area contributed by atoms with Gasteiger partial charge in [-0.2, -0.15) is 5.10 Å². The summed E-state index contributed by atoms with van der Waals surface area (Å²) in [4.78, 5) is 12.3. The molecule has 124 valence electrons. The van der Waals surface area contributed by atoms with Gasteiger partial charge in [-0.25, -0.2) is 0 Å². The summed E-state index contributed by atoms with van der Waals surface area (Å²) in [7, 11) is 1.52. The fourth-order valence-electron chi connectivity index (χ4n) is 2.13. The van der Waals surface area contributed by atoms with Crippen molar-refractivity contribution in [2.75, 3.05) is 20.3 Å². The summed E-state index contributed by atoms with van der Waals surface area (Å²) in [5, 5.41) is 15.9. The first-order chi connectivity index (χ1) is 11.1. The quantitative estimate of drug-likeness (QED) is 0.760. The van der Waals surface area contributed by atoms with E-state index in [1.54, 1.807) is 29.1 Å². The summed E-state index contributed by atoms with van der Waals surface area (Å²) in [6, 6.07) is 6.69. The van der Waals surface area contributed by atoms with Gasteiger partial charge >= 0.3 is 0 Å². The van der Waals surface area contributed by atoms with Crippen molar-refractivity contribution in [1.82, 2.24) is 15.1 Å². The standard InChI is InChI=1S/C16H21N3O4/c1-12(11-19-7-3-6-17-19)18-16(21)13-4-5-14(22-2)15(10-13)23-9-8-20/h3-7,10,12,20H,8-9,11H2,1-2H3,(H,18,21). The van der Waals surface area contributed by atoms with Gasteiger partial charge in [0.05, 0.1) is 20.3 Å². The first kappa shape index (κ1) is 16.8. The zero-order valence-corrected chi connectivity index (χ0v) is 13.2. The van der Waals surface area contributed by atoms with Gasteiger partial charge in [-0.3, -0.25) is 9.48 Å². The molecule has 0 radical (unpaired) electrons. The molecule has 0 aliphatic carbocycles. The van der Waals surface area contributed by atoms with Gasteiger partial charge in [0.1, 0.15) is 6.61 Å². The molecular formula is C16H21N3O4. The fourth-order valence-corrected chi connectivity index (χ4v) is 2.13. The van der Waals surface area contributed by atoms with Crippen LogP contribution in [0.3, 0.4) is 0 Å². The van der Waals surface area contributed by atoms with Crippen LogP contribution in [0.1, 0.15) is 17.3 Å². The fraction of sp³-hybridized carbons (Fsp3) is 0.375. The van der Waals surface area contributed by atoms with Crippen molar-refractivity contribution in [3.05, 3.63) is 42.2 Å². The van der Waals surface area contributed by atoms with E-state index in [0.717, 1.165) is 0 Å². The molecule has 1 unspecified atom stereocenters. The molecule has 7 nitrogen and oxygen atoms in total. The van der Waals surface area contributed by atoms with Crippen molar-refractivity contribution in [2.45, 2.75) is 19.5 Å². The highest BCUT2D eigenvalue weighted by molar-refractivity contribution is 5.95. The summed E-state index contributed by atoms with van der Waals surface area (Å²) in [5.74, 6) is 0.731. The minimum atomic E-state index is -0.207. The number of benzene rings is 1. The Labute approximate surface area is 134 Å². The summed E-state index contributed by atoms with van der Waals surface area (Å²) < 4.78 is 12.3. The van der Waals surface area contributed by atoms with E-state index in [0.29, 0.717) is 23.6 Å². The maximum Gasteiger partial charge on any atom is 0.251 e. The van der Waals surface area contributed by atoms with E-state index in [9.17, 15) is 4.79 Å². The lowest BCUT2D eigenvalue weighted by Crippen LogP contribution is -2.35. The highest BCUT2D eigenvalue weighted by atomic mass is 16.5. The van der Waals surface area contributed by atoms with Crippen LogP contribution in [0.2, 0.25) is 0 Å². The van der Waals surface area contributed by atoms with E-state index in [1.807, 2.05) is 19.2 Å². The molecular weight excluding hydrogens is 298 g/mol. The third-order valence-corrected chi connectivity index (χ3v) is 3.17. The first-order valence-corrected chi connectivity index (χ1v) is 7.34. The van der Waals surface area contributed by atoms with Crippen LogP contribution in [-0.4, -0.2) is 47.2 Å². The second-order valence-corrected chi connectivity index (χ2v) is 5.04. The van der Waals surface area contributed by atoms with E-state index >= 15 is 0 Å². The lowest BCUT2D eigenvalue weighted by molar-refractivity contribution is 0.0935. The van der Waals surface area contributed by atoms with E-state index in [-0.39, 0.29) is 25.2 Å². The number of rotatable bonds is 8. The van der Waals surface area contributed by atoms with E-state index < -0.39 is 0 Å². The van der Waals surface area contributed by atoms with Crippen LogP contribution in [0.4, 0.5) is 0 Å². The van der Waals surface area contributed by atoms with Gasteiger partial charge in [-0.1, -0.05) is 0 Å². The molecule has 1 heterocycles. The zero-order valence-electron chi connectivity index (χ0n) is 13.2. The molecule has 0 bridgehead atoms. The van der Waals surface area contributed by atoms with Crippen molar-refractivity contribution < 1.29 is 19.4 Å². The van der Waals surface area contributed by atoms with Crippen molar-refractivity contribution in [3.63, 3.8) is 0 Å². The van der Waals surface area contributed by atoms with Crippen LogP contribution in [0, 0.1) is 0 Å². The molecule has 0 saturated carbocycles. The number of carbonyl (C=O) groups is 1. The highest BCUT2D eigenvalue weighted by Gasteiger charge is 2.14. The third-order valence-electron chi connectivity index (χ3n) is 3.17. The lowest BCUT2D eigenvalue weighted by Gasteiger charge is -2.15. The van der Waals surface area contributed by atoms with Crippen LogP contribution in [0.5, 0.6) is 11.5 Å². The number of nitrogens with one attached hydrogen (secondary N) is 1. The van der Waals surface area contributed by atoms with Crippen molar-refractivity contribution in [2.24, 2.45) is 0 Å². The number of ether oxygens (including phenoxy) is 2. The monoisotopic (exact) mass is 319 g/mol. The number of carbonyl (C=O) groups excluding carboxylic acids is 1. The smallest absolute Gasteiger partial charge is 0.251 e. The average molecular weight is 319 g/mol. The number of methoxy groups -OCH3 is 1. The molecule has 0 spiro atoms. The Bertz CT molecular complexity index is 628. The molecule has 1 aromatic carbocycles. The molecule has 1 aromatic heterocycles. The number of aliphatic hydroxyl groups excluding tert-OH is 1. The predicted molar refractivity (Wildman–Crippen MR) is 84.7 cm³/mol. The number of hydrogen-bond donors (Lipinski definition) is 2. The number of aromatic nitrogens is 2. The van der Waals surface area contributed by atoms with Gasteiger partial charge < -0.3 is 19.9 Å². The van der Waals surface area contributed by atoms with Crippen molar-refractivity contribution in [3.8, 4) is 11.5 Å². The topological polar surface area (TPSA) is 85.6 Å². The zero-order chi connectivity index (χ0) is 16.7. The van der Waals surface area contributed by atoms with Crippen LogP contribution < -0.4 is 14.8 Å². The molecule has 0 saturated heterocycles. The SMILES string of the molecule is COc1ccc(C(=O)NC(C)Cn2cccn2)cc1OCCO. The largest absolute Gasteiger partial charge is 0.493 e.